The first-order valence-electron chi connectivity index (χ1n) is 6.50. The van der Waals surface area contributed by atoms with Gasteiger partial charge in [-0.25, -0.2) is 9.97 Å². The normalized spacial score (nSPS) is 15.6. The topological polar surface area (TPSA) is 64.8 Å². The molecule has 1 aliphatic rings. The molecule has 2 rings (SSSR count). The summed E-state index contributed by atoms with van der Waals surface area (Å²) in [6.07, 6.45) is 3.75. The molecule has 0 aliphatic carbocycles. The highest BCUT2D eigenvalue weighted by Gasteiger charge is 2.10. The van der Waals surface area contributed by atoms with Crippen molar-refractivity contribution < 1.29 is 0 Å². The molecule has 0 saturated carbocycles. The molecule has 1 N–H and O–H groups in total. The Morgan fingerprint density at radius 3 is 2.89 bits per heavy atom. The molecule has 1 aliphatic heterocycles. The van der Waals surface area contributed by atoms with Gasteiger partial charge in [0.25, 0.3) is 0 Å². The van der Waals surface area contributed by atoms with Crippen LogP contribution < -0.4 is 5.32 Å². The van der Waals surface area contributed by atoms with E-state index in [1.807, 2.05) is 13.0 Å². The molecule has 2 heterocycles. The zero-order valence-electron chi connectivity index (χ0n) is 10.8. The molecule has 0 radical (unpaired) electrons. The van der Waals surface area contributed by atoms with Crippen LogP contribution in [0, 0.1) is 18.3 Å². The number of hydrogen-bond donors (Lipinski definition) is 1. The fourth-order valence-corrected chi connectivity index (χ4v) is 2.21. The molecule has 0 spiro atoms. The van der Waals surface area contributed by atoms with Crippen LogP contribution in [0.1, 0.15) is 30.7 Å². The summed E-state index contributed by atoms with van der Waals surface area (Å²) >= 11 is 0. The van der Waals surface area contributed by atoms with Crippen LogP contribution in [0.5, 0.6) is 0 Å². The quantitative estimate of drug-likeness (QED) is 0.797. The second kappa shape index (κ2) is 6.31. The van der Waals surface area contributed by atoms with Gasteiger partial charge in [0.1, 0.15) is 11.8 Å². The van der Waals surface area contributed by atoms with Crippen LogP contribution in [0.3, 0.4) is 0 Å². The lowest BCUT2D eigenvalue weighted by atomic mass is 10.3. The van der Waals surface area contributed by atoms with E-state index in [4.69, 9.17) is 5.26 Å². The summed E-state index contributed by atoms with van der Waals surface area (Å²) < 4.78 is 0. The van der Waals surface area contributed by atoms with Gasteiger partial charge in [0.15, 0.2) is 0 Å². The number of nitrogens with zero attached hydrogens (tertiary/aromatic N) is 4. The molecule has 0 atom stereocenters. The van der Waals surface area contributed by atoms with Gasteiger partial charge in [-0.1, -0.05) is 0 Å². The maximum Gasteiger partial charge on any atom is 0.224 e. The van der Waals surface area contributed by atoms with Gasteiger partial charge in [0.05, 0.1) is 0 Å². The third-order valence-corrected chi connectivity index (χ3v) is 3.10. The first-order valence-corrected chi connectivity index (χ1v) is 6.50. The van der Waals surface area contributed by atoms with E-state index >= 15 is 0 Å². The fraction of sp³-hybridized carbons (Fsp3) is 0.615. The van der Waals surface area contributed by atoms with Crippen molar-refractivity contribution in [3.63, 3.8) is 0 Å². The summed E-state index contributed by atoms with van der Waals surface area (Å²) in [4.78, 5) is 10.9. The van der Waals surface area contributed by atoms with E-state index in [0.717, 1.165) is 25.2 Å². The first kappa shape index (κ1) is 12.8. The van der Waals surface area contributed by atoms with Gasteiger partial charge < -0.3 is 10.2 Å². The van der Waals surface area contributed by atoms with E-state index < -0.39 is 0 Å². The summed E-state index contributed by atoms with van der Waals surface area (Å²) in [5.74, 6) is 0.563. The number of nitriles is 1. The van der Waals surface area contributed by atoms with Crippen molar-refractivity contribution in [1.29, 1.82) is 5.26 Å². The second-order valence-corrected chi connectivity index (χ2v) is 4.66. The van der Waals surface area contributed by atoms with Crippen molar-refractivity contribution in [3.05, 3.63) is 17.5 Å². The van der Waals surface area contributed by atoms with Gasteiger partial charge in [0, 0.05) is 12.2 Å². The number of hydrogen-bond acceptors (Lipinski definition) is 5. The molecule has 0 aromatic carbocycles. The number of rotatable bonds is 5. The molecule has 18 heavy (non-hydrogen) atoms. The van der Waals surface area contributed by atoms with Crippen LogP contribution in [0.25, 0.3) is 0 Å². The van der Waals surface area contributed by atoms with Gasteiger partial charge in [-0.2, -0.15) is 5.26 Å². The molecular weight excluding hydrogens is 226 g/mol. The van der Waals surface area contributed by atoms with Gasteiger partial charge in [0.2, 0.25) is 5.95 Å². The average Bonchev–Trinajstić information content (AvgIpc) is 2.87. The maximum atomic E-state index is 8.83. The monoisotopic (exact) mass is 245 g/mol. The molecule has 96 valence electrons. The predicted molar refractivity (Wildman–Crippen MR) is 70.3 cm³/mol. The molecule has 0 unspecified atom stereocenters. The van der Waals surface area contributed by atoms with Crippen molar-refractivity contribution in [2.45, 2.75) is 26.2 Å². The third kappa shape index (κ3) is 3.67. The summed E-state index contributed by atoms with van der Waals surface area (Å²) in [6.45, 7) is 6.33. The van der Waals surface area contributed by atoms with E-state index in [1.165, 1.54) is 25.9 Å². The minimum atomic E-state index is 0.421. The van der Waals surface area contributed by atoms with Crippen LogP contribution in [0.15, 0.2) is 6.07 Å². The zero-order valence-corrected chi connectivity index (χ0v) is 10.8. The van der Waals surface area contributed by atoms with Gasteiger partial charge >= 0.3 is 0 Å². The molecule has 1 fully saturated rings. The predicted octanol–water partition coefficient (Wildman–Crippen LogP) is 1.55. The first-order chi connectivity index (χ1) is 8.78. The SMILES string of the molecule is Cc1cc(C#N)nc(NCCCN2CCCC2)n1. The molecule has 5 nitrogen and oxygen atoms in total. The Balaban J connectivity index is 1.75. The van der Waals surface area contributed by atoms with Crippen molar-refractivity contribution in [3.8, 4) is 6.07 Å². The second-order valence-electron chi connectivity index (χ2n) is 4.66. The van der Waals surface area contributed by atoms with E-state index in [0.29, 0.717) is 11.6 Å². The van der Waals surface area contributed by atoms with Crippen molar-refractivity contribution >= 4 is 5.95 Å². The molecule has 1 aromatic rings. The highest BCUT2D eigenvalue weighted by molar-refractivity contribution is 5.32. The Bertz CT molecular complexity index is 431. The summed E-state index contributed by atoms with van der Waals surface area (Å²) in [5.41, 5.74) is 1.24. The molecule has 0 bridgehead atoms. The Morgan fingerprint density at radius 1 is 1.39 bits per heavy atom. The number of anilines is 1. The standard InChI is InChI=1S/C13H19N5/c1-11-9-12(10-14)17-13(16-11)15-5-4-8-18-6-2-3-7-18/h9H,2-8H2,1H3,(H,15,16,17). The van der Waals surface area contributed by atoms with Crippen molar-refractivity contribution in [2.75, 3.05) is 31.5 Å². The lowest BCUT2D eigenvalue weighted by molar-refractivity contribution is 0.337. The average molecular weight is 245 g/mol. The van der Waals surface area contributed by atoms with Crippen LogP contribution >= 0.6 is 0 Å². The number of nitrogens with one attached hydrogen (secondary N) is 1. The van der Waals surface area contributed by atoms with Gasteiger partial charge in [-0.3, -0.25) is 0 Å². The Labute approximate surface area is 108 Å². The summed E-state index contributed by atoms with van der Waals surface area (Å²) in [5, 5.41) is 12.0. The lowest BCUT2D eigenvalue weighted by Gasteiger charge is -2.14. The van der Waals surface area contributed by atoms with Crippen LogP contribution in [-0.2, 0) is 0 Å². The van der Waals surface area contributed by atoms with E-state index in [1.54, 1.807) is 6.07 Å². The molecule has 1 saturated heterocycles. The van der Waals surface area contributed by atoms with Gasteiger partial charge in [-0.15, -0.1) is 0 Å². The number of likely N-dealkylation sites (tertiary alicyclic amines) is 1. The van der Waals surface area contributed by atoms with E-state index in [9.17, 15) is 0 Å². The summed E-state index contributed by atoms with van der Waals surface area (Å²) in [7, 11) is 0. The Kier molecular flexibility index (Phi) is 4.48. The maximum absolute atomic E-state index is 8.83. The van der Waals surface area contributed by atoms with Crippen molar-refractivity contribution in [1.82, 2.24) is 14.9 Å². The number of aryl methyl sites for hydroxylation is 1. The van der Waals surface area contributed by atoms with Crippen LogP contribution in [0.4, 0.5) is 5.95 Å². The highest BCUT2D eigenvalue weighted by Crippen LogP contribution is 2.08. The Morgan fingerprint density at radius 2 is 2.17 bits per heavy atom. The summed E-state index contributed by atoms with van der Waals surface area (Å²) in [6, 6.07) is 3.73. The fourth-order valence-electron chi connectivity index (χ4n) is 2.21. The van der Waals surface area contributed by atoms with Gasteiger partial charge in [-0.05, 0) is 51.9 Å². The van der Waals surface area contributed by atoms with Crippen molar-refractivity contribution in [2.24, 2.45) is 0 Å². The third-order valence-electron chi connectivity index (χ3n) is 3.10. The van der Waals surface area contributed by atoms with E-state index in [2.05, 4.69) is 20.2 Å². The Hall–Kier alpha value is -1.67. The van der Waals surface area contributed by atoms with Crippen LogP contribution in [0.2, 0.25) is 0 Å². The molecule has 0 amide bonds. The number of aromatic nitrogens is 2. The largest absolute Gasteiger partial charge is 0.354 e. The smallest absolute Gasteiger partial charge is 0.224 e. The highest BCUT2D eigenvalue weighted by atomic mass is 15.1. The molecular formula is C13H19N5. The lowest BCUT2D eigenvalue weighted by Crippen LogP contribution is -2.22. The zero-order chi connectivity index (χ0) is 12.8. The molecule has 1 aromatic heterocycles. The molecule has 5 heteroatoms. The van der Waals surface area contributed by atoms with Crippen LogP contribution in [-0.4, -0.2) is 41.0 Å². The van der Waals surface area contributed by atoms with E-state index in [-0.39, 0.29) is 0 Å². The minimum Gasteiger partial charge on any atom is -0.354 e. The minimum absolute atomic E-state index is 0.421.